The van der Waals surface area contributed by atoms with E-state index >= 15 is 0 Å². The van der Waals surface area contributed by atoms with Crippen LogP contribution >= 0.6 is 0 Å². The molecule has 0 bridgehead atoms. The highest BCUT2D eigenvalue weighted by Crippen LogP contribution is 2.43. The molecule has 1 aliphatic carbocycles. The normalized spacial score (nSPS) is 12.1. The Hall–Kier alpha value is -2.48. The third-order valence-electron chi connectivity index (χ3n) is 4.06. The standard InChI is InChI=1S/C19H12F2/c20-17-11-15-14-9-5-4-8-13(14)10-16(15)18(19(17)21)12-6-2-1-3-7-12/h1-9,11H,10H2. The van der Waals surface area contributed by atoms with Crippen molar-refractivity contribution in [3.05, 3.63) is 83.4 Å². The van der Waals surface area contributed by atoms with Crippen LogP contribution in [0.3, 0.4) is 0 Å². The Morgan fingerprint density at radius 2 is 1.48 bits per heavy atom. The van der Waals surface area contributed by atoms with Crippen LogP contribution < -0.4 is 0 Å². The Balaban J connectivity index is 2.04. The fourth-order valence-corrected chi connectivity index (χ4v) is 3.12. The van der Waals surface area contributed by atoms with E-state index in [0.29, 0.717) is 12.0 Å². The van der Waals surface area contributed by atoms with Gasteiger partial charge in [0.05, 0.1) is 0 Å². The molecule has 0 spiro atoms. The first-order valence-corrected chi connectivity index (χ1v) is 6.90. The van der Waals surface area contributed by atoms with Crippen LogP contribution in [0.1, 0.15) is 11.1 Å². The summed E-state index contributed by atoms with van der Waals surface area (Å²) in [5, 5.41) is 0. The van der Waals surface area contributed by atoms with Crippen molar-refractivity contribution in [3.8, 4) is 22.3 Å². The van der Waals surface area contributed by atoms with Crippen LogP contribution in [0, 0.1) is 11.6 Å². The quantitative estimate of drug-likeness (QED) is 0.449. The van der Waals surface area contributed by atoms with Gasteiger partial charge in [0.1, 0.15) is 0 Å². The molecular weight excluding hydrogens is 266 g/mol. The molecule has 2 heteroatoms. The SMILES string of the molecule is Fc1cc2c(c(-c3ccccc3)c1F)Cc1ccccc1-2. The molecule has 3 aromatic carbocycles. The van der Waals surface area contributed by atoms with Gasteiger partial charge in [0, 0.05) is 5.56 Å². The van der Waals surface area contributed by atoms with Crippen molar-refractivity contribution in [2.45, 2.75) is 6.42 Å². The van der Waals surface area contributed by atoms with Crippen molar-refractivity contribution in [1.82, 2.24) is 0 Å². The van der Waals surface area contributed by atoms with E-state index < -0.39 is 11.6 Å². The summed E-state index contributed by atoms with van der Waals surface area (Å²) in [6.07, 6.45) is 0.646. The van der Waals surface area contributed by atoms with E-state index in [1.807, 2.05) is 54.6 Å². The van der Waals surface area contributed by atoms with E-state index in [1.54, 1.807) is 0 Å². The van der Waals surface area contributed by atoms with Crippen molar-refractivity contribution in [2.75, 3.05) is 0 Å². The van der Waals surface area contributed by atoms with Crippen LogP contribution in [0.15, 0.2) is 60.7 Å². The molecule has 0 aromatic heterocycles. The van der Waals surface area contributed by atoms with E-state index in [-0.39, 0.29) is 0 Å². The molecule has 1 aliphatic rings. The maximum atomic E-state index is 14.4. The van der Waals surface area contributed by atoms with Crippen molar-refractivity contribution in [2.24, 2.45) is 0 Å². The number of hydrogen-bond acceptors (Lipinski definition) is 0. The third-order valence-corrected chi connectivity index (χ3v) is 4.06. The minimum Gasteiger partial charge on any atom is -0.204 e. The molecule has 0 fully saturated rings. The molecule has 0 nitrogen and oxygen atoms in total. The lowest BCUT2D eigenvalue weighted by molar-refractivity contribution is 0.511. The summed E-state index contributed by atoms with van der Waals surface area (Å²) in [6, 6.07) is 18.4. The third kappa shape index (κ3) is 1.79. The van der Waals surface area contributed by atoms with Crippen LogP contribution in [0.5, 0.6) is 0 Å². The zero-order valence-corrected chi connectivity index (χ0v) is 11.2. The van der Waals surface area contributed by atoms with Gasteiger partial charge < -0.3 is 0 Å². The zero-order chi connectivity index (χ0) is 14.4. The van der Waals surface area contributed by atoms with E-state index in [0.717, 1.165) is 27.8 Å². The van der Waals surface area contributed by atoms with Gasteiger partial charge >= 0.3 is 0 Å². The van der Waals surface area contributed by atoms with E-state index in [4.69, 9.17) is 0 Å². The second-order valence-corrected chi connectivity index (χ2v) is 5.27. The summed E-state index contributed by atoms with van der Waals surface area (Å²) in [6.45, 7) is 0. The van der Waals surface area contributed by atoms with Gasteiger partial charge in [-0.2, -0.15) is 0 Å². The van der Waals surface area contributed by atoms with Crippen molar-refractivity contribution in [1.29, 1.82) is 0 Å². The lowest BCUT2D eigenvalue weighted by Gasteiger charge is -2.11. The van der Waals surface area contributed by atoms with Crippen LogP contribution in [0.25, 0.3) is 22.3 Å². The molecule has 0 amide bonds. The summed E-state index contributed by atoms with van der Waals surface area (Å²) in [5.41, 5.74) is 4.92. The average Bonchev–Trinajstić information content (AvgIpc) is 2.87. The highest BCUT2D eigenvalue weighted by molar-refractivity contribution is 5.85. The number of halogens is 2. The Morgan fingerprint density at radius 3 is 2.29 bits per heavy atom. The van der Waals surface area contributed by atoms with Gasteiger partial charge in [-0.3, -0.25) is 0 Å². The van der Waals surface area contributed by atoms with Crippen LogP contribution in [0.2, 0.25) is 0 Å². The molecule has 4 rings (SSSR count). The van der Waals surface area contributed by atoms with Gasteiger partial charge in [-0.1, -0.05) is 54.6 Å². The lowest BCUT2D eigenvalue weighted by atomic mass is 9.95. The van der Waals surface area contributed by atoms with Crippen molar-refractivity contribution in [3.63, 3.8) is 0 Å². The molecule has 0 radical (unpaired) electrons. The molecule has 21 heavy (non-hydrogen) atoms. The summed E-state index contributed by atoms with van der Waals surface area (Å²) in [5.74, 6) is -1.54. The summed E-state index contributed by atoms with van der Waals surface area (Å²) < 4.78 is 28.4. The van der Waals surface area contributed by atoms with Crippen LogP contribution in [-0.2, 0) is 6.42 Å². The van der Waals surface area contributed by atoms with E-state index in [2.05, 4.69) is 0 Å². The van der Waals surface area contributed by atoms with Crippen LogP contribution in [-0.4, -0.2) is 0 Å². The maximum Gasteiger partial charge on any atom is 0.166 e. The minimum absolute atomic E-state index is 0.391. The molecule has 0 aliphatic heterocycles. The highest BCUT2D eigenvalue weighted by Gasteiger charge is 2.26. The van der Waals surface area contributed by atoms with Gasteiger partial charge in [0.15, 0.2) is 11.6 Å². The smallest absolute Gasteiger partial charge is 0.166 e. The number of rotatable bonds is 1. The first-order chi connectivity index (χ1) is 10.3. The monoisotopic (exact) mass is 278 g/mol. The molecule has 0 saturated heterocycles. The Kier molecular flexibility index (Phi) is 2.64. The molecule has 0 heterocycles. The average molecular weight is 278 g/mol. The largest absolute Gasteiger partial charge is 0.204 e. The minimum atomic E-state index is -0.788. The molecule has 102 valence electrons. The molecular formula is C19H12F2. The van der Waals surface area contributed by atoms with Crippen LogP contribution in [0.4, 0.5) is 8.78 Å². The number of hydrogen-bond donors (Lipinski definition) is 0. The Labute approximate surface area is 121 Å². The fraction of sp³-hybridized carbons (Fsp3) is 0.0526. The molecule has 0 N–H and O–H groups in total. The number of fused-ring (bicyclic) bond motifs is 3. The zero-order valence-electron chi connectivity index (χ0n) is 11.2. The number of benzene rings is 3. The van der Waals surface area contributed by atoms with Crippen molar-refractivity contribution < 1.29 is 8.78 Å². The molecule has 0 unspecified atom stereocenters. The first-order valence-electron chi connectivity index (χ1n) is 6.90. The Morgan fingerprint density at radius 1 is 0.762 bits per heavy atom. The van der Waals surface area contributed by atoms with Gasteiger partial charge in [0.2, 0.25) is 0 Å². The summed E-state index contributed by atoms with van der Waals surface area (Å²) >= 11 is 0. The van der Waals surface area contributed by atoms with Crippen molar-refractivity contribution >= 4 is 0 Å². The lowest BCUT2D eigenvalue weighted by Crippen LogP contribution is -1.96. The topological polar surface area (TPSA) is 0 Å². The second-order valence-electron chi connectivity index (χ2n) is 5.27. The summed E-state index contributed by atoms with van der Waals surface area (Å²) in [7, 11) is 0. The Bertz CT molecular complexity index is 836. The molecule has 3 aromatic rings. The van der Waals surface area contributed by atoms with Gasteiger partial charge in [-0.05, 0) is 40.3 Å². The molecule has 0 saturated carbocycles. The maximum absolute atomic E-state index is 14.4. The van der Waals surface area contributed by atoms with Gasteiger partial charge in [0.25, 0.3) is 0 Å². The predicted octanol–water partition coefficient (Wildman–Crippen LogP) is 5.20. The van der Waals surface area contributed by atoms with Gasteiger partial charge in [-0.15, -0.1) is 0 Å². The fourth-order valence-electron chi connectivity index (χ4n) is 3.12. The second kappa shape index (κ2) is 4.52. The van der Waals surface area contributed by atoms with Gasteiger partial charge in [-0.25, -0.2) is 8.78 Å². The van der Waals surface area contributed by atoms with E-state index in [9.17, 15) is 8.78 Å². The van der Waals surface area contributed by atoms with E-state index in [1.165, 1.54) is 6.07 Å². The summed E-state index contributed by atoms with van der Waals surface area (Å²) in [4.78, 5) is 0. The predicted molar refractivity (Wildman–Crippen MR) is 80.0 cm³/mol. The highest BCUT2D eigenvalue weighted by atomic mass is 19.2. The molecule has 0 atom stereocenters. The first kappa shape index (κ1) is 12.3.